The van der Waals surface area contributed by atoms with Crippen molar-refractivity contribution < 1.29 is 13.9 Å². The van der Waals surface area contributed by atoms with Crippen LogP contribution in [0.15, 0.2) is 0 Å². The standard InChI is InChI=1S/C3H4ClFO2/c4-3(5)1-7-2-6/h2-3H,1H2. The molecule has 0 bridgehead atoms. The zero-order valence-corrected chi connectivity index (χ0v) is 4.19. The van der Waals surface area contributed by atoms with Gasteiger partial charge in [0.25, 0.3) is 6.47 Å². The fourth-order valence-corrected chi connectivity index (χ4v) is 0.185. The summed E-state index contributed by atoms with van der Waals surface area (Å²) in [7, 11) is 0. The number of alkyl halides is 2. The van der Waals surface area contributed by atoms with E-state index >= 15 is 0 Å². The Kier molecular flexibility index (Phi) is 3.69. The topological polar surface area (TPSA) is 26.3 Å². The van der Waals surface area contributed by atoms with E-state index in [2.05, 4.69) is 4.74 Å². The van der Waals surface area contributed by atoms with Crippen LogP contribution >= 0.6 is 11.6 Å². The van der Waals surface area contributed by atoms with Crippen LogP contribution in [0.2, 0.25) is 0 Å². The van der Waals surface area contributed by atoms with E-state index in [1.165, 1.54) is 0 Å². The summed E-state index contributed by atoms with van der Waals surface area (Å²) in [6.07, 6.45) is 0. The summed E-state index contributed by atoms with van der Waals surface area (Å²) in [6, 6.07) is 0. The Morgan fingerprint density at radius 1 is 2.00 bits per heavy atom. The van der Waals surface area contributed by atoms with Crippen molar-refractivity contribution in [1.29, 1.82) is 0 Å². The van der Waals surface area contributed by atoms with Crippen LogP contribution in [0.5, 0.6) is 0 Å². The lowest BCUT2D eigenvalue weighted by atomic mass is 10.8. The highest BCUT2D eigenvalue weighted by Gasteiger charge is 1.96. The van der Waals surface area contributed by atoms with Gasteiger partial charge in [0.1, 0.15) is 6.61 Å². The van der Waals surface area contributed by atoms with Gasteiger partial charge in [-0.25, -0.2) is 4.39 Å². The summed E-state index contributed by atoms with van der Waals surface area (Å²) in [5, 5.41) is 0. The molecule has 0 aliphatic heterocycles. The van der Waals surface area contributed by atoms with Crippen LogP contribution in [0.1, 0.15) is 0 Å². The normalized spacial score (nSPS) is 12.9. The molecule has 2 nitrogen and oxygen atoms in total. The van der Waals surface area contributed by atoms with Crippen molar-refractivity contribution >= 4 is 18.1 Å². The van der Waals surface area contributed by atoms with Gasteiger partial charge in [0, 0.05) is 0 Å². The first kappa shape index (κ1) is 6.69. The molecular weight excluding hydrogens is 122 g/mol. The van der Waals surface area contributed by atoms with E-state index in [1.807, 2.05) is 0 Å². The minimum absolute atomic E-state index is 0.148. The van der Waals surface area contributed by atoms with Gasteiger partial charge in [-0.3, -0.25) is 4.79 Å². The molecule has 7 heavy (non-hydrogen) atoms. The Balaban J connectivity index is 2.81. The van der Waals surface area contributed by atoms with Crippen LogP contribution in [0.4, 0.5) is 4.39 Å². The van der Waals surface area contributed by atoms with E-state index in [0.29, 0.717) is 0 Å². The van der Waals surface area contributed by atoms with Crippen molar-refractivity contribution in [2.45, 2.75) is 5.63 Å². The number of hydrogen-bond donors (Lipinski definition) is 0. The predicted molar refractivity (Wildman–Crippen MR) is 22.8 cm³/mol. The second-order valence-corrected chi connectivity index (χ2v) is 1.29. The first-order chi connectivity index (χ1) is 3.27. The van der Waals surface area contributed by atoms with Crippen molar-refractivity contribution in [2.75, 3.05) is 6.61 Å². The third-order valence-corrected chi connectivity index (χ3v) is 0.416. The maximum Gasteiger partial charge on any atom is 0.293 e. The monoisotopic (exact) mass is 126 g/mol. The quantitative estimate of drug-likeness (QED) is 0.411. The number of carbonyl (C=O) groups is 1. The minimum atomic E-state index is -1.58. The molecule has 0 N–H and O–H groups in total. The Morgan fingerprint density at radius 3 is 2.71 bits per heavy atom. The Labute approximate surface area is 45.2 Å². The average Bonchev–Trinajstić information content (AvgIpc) is 1.61. The lowest BCUT2D eigenvalue weighted by molar-refractivity contribution is -0.129. The first-order valence-electron chi connectivity index (χ1n) is 1.60. The molecule has 0 saturated heterocycles. The number of halogens is 2. The number of rotatable bonds is 3. The Hall–Kier alpha value is -0.310. The lowest BCUT2D eigenvalue weighted by Gasteiger charge is -1.92. The van der Waals surface area contributed by atoms with E-state index in [1.54, 1.807) is 0 Å². The summed E-state index contributed by atoms with van der Waals surface area (Å²) in [6.45, 7) is -0.222. The fraction of sp³-hybridized carbons (Fsp3) is 0.667. The van der Waals surface area contributed by atoms with Crippen LogP contribution in [-0.2, 0) is 9.53 Å². The molecule has 0 fully saturated rings. The molecule has 0 aromatic heterocycles. The second kappa shape index (κ2) is 3.87. The summed E-state index contributed by atoms with van der Waals surface area (Å²) in [5.41, 5.74) is -1.58. The van der Waals surface area contributed by atoms with Gasteiger partial charge in [-0.2, -0.15) is 0 Å². The van der Waals surface area contributed by atoms with Crippen LogP contribution in [-0.4, -0.2) is 18.7 Å². The second-order valence-electron chi connectivity index (χ2n) is 0.821. The van der Waals surface area contributed by atoms with Crippen LogP contribution in [0.3, 0.4) is 0 Å². The van der Waals surface area contributed by atoms with Gasteiger partial charge >= 0.3 is 0 Å². The molecule has 0 spiro atoms. The molecule has 0 aliphatic rings. The zero-order chi connectivity index (χ0) is 5.70. The number of carbonyl (C=O) groups excluding carboxylic acids is 1. The van der Waals surface area contributed by atoms with Gasteiger partial charge in [-0.1, -0.05) is 11.6 Å². The highest BCUT2D eigenvalue weighted by atomic mass is 35.5. The van der Waals surface area contributed by atoms with E-state index < -0.39 is 5.63 Å². The highest BCUT2D eigenvalue weighted by molar-refractivity contribution is 6.19. The molecule has 1 unspecified atom stereocenters. The fourth-order valence-electron chi connectivity index (χ4n) is 0.112. The van der Waals surface area contributed by atoms with Crippen LogP contribution in [0.25, 0.3) is 0 Å². The first-order valence-corrected chi connectivity index (χ1v) is 2.04. The van der Waals surface area contributed by atoms with Crippen LogP contribution < -0.4 is 0 Å². The minimum Gasteiger partial charge on any atom is -0.463 e. The van der Waals surface area contributed by atoms with Crippen molar-refractivity contribution in [3.05, 3.63) is 0 Å². The van der Waals surface area contributed by atoms with E-state index in [9.17, 15) is 9.18 Å². The average molecular weight is 127 g/mol. The molecule has 42 valence electrons. The van der Waals surface area contributed by atoms with E-state index in [0.717, 1.165) is 0 Å². The summed E-state index contributed by atoms with van der Waals surface area (Å²) < 4.78 is 15.3. The third kappa shape index (κ3) is 5.69. The molecule has 4 heteroatoms. The molecule has 0 aliphatic carbocycles. The predicted octanol–water partition coefficient (Wildman–Crippen LogP) is 0.694. The van der Waals surface area contributed by atoms with Gasteiger partial charge in [0.2, 0.25) is 5.63 Å². The van der Waals surface area contributed by atoms with E-state index in [-0.39, 0.29) is 13.1 Å². The van der Waals surface area contributed by atoms with Crippen molar-refractivity contribution in [2.24, 2.45) is 0 Å². The smallest absolute Gasteiger partial charge is 0.293 e. The lowest BCUT2D eigenvalue weighted by Crippen LogP contribution is -2.00. The Morgan fingerprint density at radius 2 is 2.57 bits per heavy atom. The molecule has 0 saturated carbocycles. The zero-order valence-electron chi connectivity index (χ0n) is 3.43. The molecule has 0 rings (SSSR count). The molecule has 0 aromatic carbocycles. The van der Waals surface area contributed by atoms with Crippen molar-refractivity contribution in [3.8, 4) is 0 Å². The molecule has 0 heterocycles. The number of hydrogen-bond acceptors (Lipinski definition) is 2. The summed E-state index contributed by atoms with van der Waals surface area (Å²) in [4.78, 5) is 9.26. The maximum atomic E-state index is 11.4. The molecule has 0 radical (unpaired) electrons. The Bertz CT molecular complexity index is 56.9. The van der Waals surface area contributed by atoms with Gasteiger partial charge < -0.3 is 4.74 Å². The number of ether oxygens (including phenoxy) is 1. The van der Waals surface area contributed by atoms with Crippen molar-refractivity contribution in [3.63, 3.8) is 0 Å². The van der Waals surface area contributed by atoms with Gasteiger partial charge in [-0.15, -0.1) is 0 Å². The van der Waals surface area contributed by atoms with Crippen LogP contribution in [0, 0.1) is 0 Å². The molecule has 1 atom stereocenters. The largest absolute Gasteiger partial charge is 0.463 e. The van der Waals surface area contributed by atoms with Gasteiger partial charge in [0.05, 0.1) is 0 Å². The SMILES string of the molecule is O=COCC(F)Cl. The van der Waals surface area contributed by atoms with E-state index in [4.69, 9.17) is 11.6 Å². The molecular formula is C3H4ClFO2. The highest BCUT2D eigenvalue weighted by Crippen LogP contribution is 1.94. The maximum absolute atomic E-state index is 11.4. The summed E-state index contributed by atoms with van der Waals surface area (Å²) in [5.74, 6) is 0. The molecule has 0 aromatic rings. The van der Waals surface area contributed by atoms with Gasteiger partial charge in [-0.05, 0) is 0 Å². The van der Waals surface area contributed by atoms with Gasteiger partial charge in [0.15, 0.2) is 0 Å². The third-order valence-electron chi connectivity index (χ3n) is 0.290. The van der Waals surface area contributed by atoms with Crippen molar-refractivity contribution in [1.82, 2.24) is 0 Å². The molecule has 0 amide bonds. The summed E-state index contributed by atoms with van der Waals surface area (Å²) >= 11 is 4.71.